The fraction of sp³-hybridized carbons (Fsp3) is 0.475. The number of rotatable bonds is 13. The molecule has 22 nitrogen and oxygen atoms in total. The predicted octanol–water partition coefficient (Wildman–Crippen LogP) is -0.425. The largest absolute Gasteiger partial charge is 0.504 e. The molecule has 0 spiro atoms. The molecule has 13 atom stereocenters. The van der Waals surface area contributed by atoms with Crippen molar-refractivity contribution in [2.75, 3.05) is 19.8 Å². The third-order valence-electron chi connectivity index (χ3n) is 10.3. The van der Waals surface area contributed by atoms with Crippen LogP contribution < -0.4 is 4.74 Å². The molecular formula is C40H44O22. The highest BCUT2D eigenvalue weighted by atomic mass is 16.8. The van der Waals surface area contributed by atoms with E-state index in [1.54, 1.807) is 0 Å². The molecule has 0 radical (unpaired) electrons. The zero-order chi connectivity index (χ0) is 45.0. The monoisotopic (exact) mass is 876 g/mol. The average Bonchev–Trinajstić information content (AvgIpc) is 3.23. The van der Waals surface area contributed by atoms with Crippen molar-refractivity contribution in [2.45, 2.75) is 88.0 Å². The van der Waals surface area contributed by atoms with E-state index < -0.39 is 157 Å². The van der Waals surface area contributed by atoms with E-state index in [1.807, 2.05) is 0 Å². The summed E-state index contributed by atoms with van der Waals surface area (Å²) in [5.41, 5.74) is -1.01. The number of phenols is 3. The summed E-state index contributed by atoms with van der Waals surface area (Å²) in [6, 6.07) is 6.79. The van der Waals surface area contributed by atoms with Crippen LogP contribution >= 0.6 is 0 Å². The van der Waals surface area contributed by atoms with Gasteiger partial charge in [-0.2, -0.15) is 0 Å². The molecule has 4 heterocycles. The number of fused-ring (bicyclic) bond motifs is 1. The van der Waals surface area contributed by atoms with Gasteiger partial charge in [-0.3, -0.25) is 9.59 Å². The second-order valence-corrected chi connectivity index (χ2v) is 14.4. The standard InChI is InChI=1S/C40H44O22/c1-4-18-19-11-12-53-35(50)22(19)14-55-38(18)62-40-34(61-36(51)20-7-5-9-23(44)27(20)45)33(56-17(3)43)32(26(59-40)15-54-16(2)42)60-37(52)21-8-6-10-24(28(21)46)57-39-31(49)30(48)29(47)25(13-41)58-39/h4-10,14,18-19,25-26,29-34,38-41,44-49H,1,11-13,15H2,2-3H3/t18-,19-,25-,26-,29+,30+,31+,32-,33+,34-,38+,39-,40+/m0/s1. The van der Waals surface area contributed by atoms with Crippen LogP contribution in [0.1, 0.15) is 41.0 Å². The molecule has 0 bridgehead atoms. The number of benzene rings is 2. The molecule has 2 aromatic carbocycles. The minimum atomic E-state index is -1.95. The molecule has 3 fully saturated rings. The highest BCUT2D eigenvalue weighted by Gasteiger charge is 2.55. The first-order chi connectivity index (χ1) is 29.5. The second kappa shape index (κ2) is 19.4. The number of carbonyl (C=O) groups is 5. The van der Waals surface area contributed by atoms with Crippen molar-refractivity contribution in [1.82, 2.24) is 0 Å². The minimum absolute atomic E-state index is 0.0653. The van der Waals surface area contributed by atoms with E-state index in [0.717, 1.165) is 44.4 Å². The summed E-state index contributed by atoms with van der Waals surface area (Å²) in [7, 11) is 0. The van der Waals surface area contributed by atoms with Crippen LogP contribution in [-0.2, 0) is 57.0 Å². The van der Waals surface area contributed by atoms with Crippen molar-refractivity contribution in [1.29, 1.82) is 0 Å². The molecule has 0 aliphatic carbocycles. The van der Waals surface area contributed by atoms with Gasteiger partial charge in [-0.05, 0) is 30.7 Å². The number of hydrogen-bond donors (Lipinski definition) is 7. The van der Waals surface area contributed by atoms with Crippen LogP contribution in [0.5, 0.6) is 23.0 Å². The van der Waals surface area contributed by atoms with Crippen molar-refractivity contribution in [3.05, 3.63) is 72.0 Å². The highest BCUT2D eigenvalue weighted by Crippen LogP contribution is 2.41. The summed E-state index contributed by atoms with van der Waals surface area (Å²) in [6.07, 6.45) is -16.3. The van der Waals surface area contributed by atoms with Gasteiger partial charge in [0.25, 0.3) is 0 Å². The average molecular weight is 877 g/mol. The molecule has 3 saturated heterocycles. The number of aliphatic hydroxyl groups is 4. The van der Waals surface area contributed by atoms with Crippen molar-refractivity contribution < 1.29 is 107 Å². The molecule has 336 valence electrons. The lowest BCUT2D eigenvalue weighted by atomic mass is 9.81. The third kappa shape index (κ3) is 9.55. The molecule has 0 amide bonds. The maximum Gasteiger partial charge on any atom is 0.342 e. The maximum absolute atomic E-state index is 14.0. The summed E-state index contributed by atoms with van der Waals surface area (Å²) in [6.45, 7) is 4.41. The van der Waals surface area contributed by atoms with E-state index in [2.05, 4.69) is 6.58 Å². The van der Waals surface area contributed by atoms with Gasteiger partial charge in [0.2, 0.25) is 18.9 Å². The van der Waals surface area contributed by atoms with Gasteiger partial charge in [0.05, 0.1) is 25.0 Å². The highest BCUT2D eigenvalue weighted by molar-refractivity contribution is 5.94. The predicted molar refractivity (Wildman–Crippen MR) is 198 cm³/mol. The van der Waals surface area contributed by atoms with Gasteiger partial charge in [0, 0.05) is 25.7 Å². The Bertz CT molecular complexity index is 2050. The number of para-hydroxylation sites is 2. The number of ether oxygens (including phenoxy) is 10. The Morgan fingerprint density at radius 1 is 0.790 bits per heavy atom. The Hall–Kier alpha value is -6.01. The first kappa shape index (κ1) is 45.5. The van der Waals surface area contributed by atoms with E-state index in [-0.39, 0.29) is 12.2 Å². The van der Waals surface area contributed by atoms with Crippen molar-refractivity contribution in [3.63, 3.8) is 0 Å². The van der Waals surface area contributed by atoms with Gasteiger partial charge < -0.3 is 83.1 Å². The summed E-state index contributed by atoms with van der Waals surface area (Å²) in [5.74, 6) is -9.53. The Kier molecular flexibility index (Phi) is 14.2. The first-order valence-corrected chi connectivity index (χ1v) is 19.0. The van der Waals surface area contributed by atoms with Crippen molar-refractivity contribution in [3.8, 4) is 23.0 Å². The zero-order valence-electron chi connectivity index (χ0n) is 32.9. The molecule has 4 aliphatic heterocycles. The number of phenolic OH excluding ortho intramolecular Hbond substituents is 3. The normalized spacial score (nSPS) is 31.7. The molecule has 22 heteroatoms. The van der Waals surface area contributed by atoms with Crippen molar-refractivity contribution in [2.24, 2.45) is 11.8 Å². The minimum Gasteiger partial charge on any atom is -0.504 e. The fourth-order valence-corrected chi connectivity index (χ4v) is 7.21. The van der Waals surface area contributed by atoms with Gasteiger partial charge in [-0.25, -0.2) is 14.4 Å². The molecular weight excluding hydrogens is 832 g/mol. The van der Waals surface area contributed by atoms with Gasteiger partial charge >= 0.3 is 29.8 Å². The van der Waals surface area contributed by atoms with E-state index in [9.17, 15) is 59.7 Å². The molecule has 0 saturated carbocycles. The summed E-state index contributed by atoms with van der Waals surface area (Å²) >= 11 is 0. The van der Waals surface area contributed by atoms with Crippen LogP contribution in [0.15, 0.2) is 60.9 Å². The Balaban J connectivity index is 1.36. The van der Waals surface area contributed by atoms with Gasteiger partial charge in [0.15, 0.2) is 41.3 Å². The number of aromatic hydroxyl groups is 3. The van der Waals surface area contributed by atoms with Crippen LogP contribution in [0.4, 0.5) is 0 Å². The lowest BCUT2D eigenvalue weighted by Gasteiger charge is -2.46. The van der Waals surface area contributed by atoms with Crippen LogP contribution in [-0.4, -0.2) is 153 Å². The quantitative estimate of drug-likeness (QED) is 0.0581. The third-order valence-corrected chi connectivity index (χ3v) is 10.3. The lowest BCUT2D eigenvalue weighted by molar-refractivity contribution is -0.338. The van der Waals surface area contributed by atoms with Gasteiger partial charge in [-0.15, -0.1) is 6.58 Å². The summed E-state index contributed by atoms with van der Waals surface area (Å²) in [5, 5.41) is 72.3. The van der Waals surface area contributed by atoms with Crippen LogP contribution in [0, 0.1) is 11.8 Å². The van der Waals surface area contributed by atoms with Crippen LogP contribution in [0.3, 0.4) is 0 Å². The molecule has 62 heavy (non-hydrogen) atoms. The molecule has 6 rings (SSSR count). The van der Waals surface area contributed by atoms with Crippen LogP contribution in [0.2, 0.25) is 0 Å². The topological polar surface area (TPSA) is 319 Å². The number of carbonyl (C=O) groups excluding carboxylic acids is 5. The van der Waals surface area contributed by atoms with Crippen LogP contribution in [0.25, 0.3) is 0 Å². The molecule has 4 aliphatic rings. The first-order valence-electron chi connectivity index (χ1n) is 19.0. The van der Waals surface area contributed by atoms with Gasteiger partial charge in [-0.1, -0.05) is 18.2 Å². The van der Waals surface area contributed by atoms with E-state index in [0.29, 0.717) is 6.42 Å². The number of aliphatic hydroxyl groups excluding tert-OH is 4. The smallest absolute Gasteiger partial charge is 0.342 e. The molecule has 0 aromatic heterocycles. The SMILES string of the molecule is C=C[C@@H]1[C@@H](O[C@H]2O[C@@H](COC(C)=O)[C@H](OC(=O)c3cccc(O[C@H]4O[C@@H](CO)[C@@H](O)[C@@H](O)[C@H]4O)c3O)[C@@H](OC(C)=O)[C@@H]2OC(=O)c2cccc(O)c2O)OC=C2C(=O)OCC[C@H]21. The Labute approximate surface area is 351 Å². The van der Waals surface area contributed by atoms with E-state index in [1.165, 1.54) is 18.2 Å². The number of esters is 5. The van der Waals surface area contributed by atoms with Crippen molar-refractivity contribution >= 4 is 29.8 Å². The molecule has 7 N–H and O–H groups in total. The van der Waals surface area contributed by atoms with E-state index in [4.69, 9.17) is 47.4 Å². The zero-order valence-corrected chi connectivity index (χ0v) is 32.9. The number of cyclic esters (lactones) is 1. The second-order valence-electron chi connectivity index (χ2n) is 14.4. The molecule has 2 aromatic rings. The fourth-order valence-electron chi connectivity index (χ4n) is 7.21. The summed E-state index contributed by atoms with van der Waals surface area (Å²) in [4.78, 5) is 65.2. The Morgan fingerprint density at radius 2 is 1.45 bits per heavy atom. The summed E-state index contributed by atoms with van der Waals surface area (Å²) < 4.78 is 56.6. The van der Waals surface area contributed by atoms with Gasteiger partial charge in [0.1, 0.15) is 48.3 Å². The van der Waals surface area contributed by atoms with E-state index >= 15 is 0 Å². The lowest BCUT2D eigenvalue weighted by Crippen LogP contribution is -2.64. The Morgan fingerprint density at radius 3 is 2.11 bits per heavy atom. The number of hydrogen-bond acceptors (Lipinski definition) is 22. The maximum atomic E-state index is 14.0. The molecule has 0 unspecified atom stereocenters.